The van der Waals surface area contributed by atoms with Gasteiger partial charge in [-0.15, -0.1) is 12.4 Å². The molecule has 2 aliphatic rings. The summed E-state index contributed by atoms with van der Waals surface area (Å²) in [5, 5.41) is 3.32. The number of benzene rings is 1. The Labute approximate surface area is 132 Å². The molecule has 0 aliphatic carbocycles. The van der Waals surface area contributed by atoms with Gasteiger partial charge in [0.25, 0.3) is 5.91 Å². The lowest BCUT2D eigenvalue weighted by Gasteiger charge is -2.36. The smallest absolute Gasteiger partial charge is 0.253 e. The number of nitrogens with zero attached hydrogens (tertiary/aromatic N) is 1. The number of halogens is 1. The van der Waals surface area contributed by atoms with Gasteiger partial charge in [-0.3, -0.25) is 4.79 Å². The van der Waals surface area contributed by atoms with Crippen LogP contribution in [0.15, 0.2) is 18.2 Å². The summed E-state index contributed by atoms with van der Waals surface area (Å²) in [5.74, 6) is 0.655. The predicted octanol–water partition coefficient (Wildman–Crippen LogP) is 2.57. The number of carbonyl (C=O) groups is 1. The molecule has 0 radical (unpaired) electrons. The Balaban J connectivity index is 0.00000161. The Hall–Kier alpha value is -1.26. The summed E-state index contributed by atoms with van der Waals surface area (Å²) in [5.41, 5.74) is 3.23. The van der Waals surface area contributed by atoms with Crippen LogP contribution in [0.4, 0.5) is 5.69 Å². The molecule has 4 nitrogen and oxygen atoms in total. The molecular weight excluding hydrogens is 288 g/mol. The molecule has 116 valence electrons. The van der Waals surface area contributed by atoms with Crippen molar-refractivity contribution in [3.8, 4) is 0 Å². The van der Waals surface area contributed by atoms with E-state index in [4.69, 9.17) is 4.74 Å². The van der Waals surface area contributed by atoms with Gasteiger partial charge in [0.2, 0.25) is 0 Å². The Morgan fingerprint density at radius 2 is 2.24 bits per heavy atom. The number of nitrogens with one attached hydrogen (secondary N) is 1. The Morgan fingerprint density at radius 3 is 3.00 bits per heavy atom. The maximum absolute atomic E-state index is 12.6. The summed E-state index contributed by atoms with van der Waals surface area (Å²) in [4.78, 5) is 14.5. The van der Waals surface area contributed by atoms with E-state index in [0.717, 1.165) is 31.5 Å². The zero-order valence-electron chi connectivity index (χ0n) is 12.6. The largest absolute Gasteiger partial charge is 0.384 e. The minimum absolute atomic E-state index is 0. The molecule has 1 saturated heterocycles. The second-order valence-electron chi connectivity index (χ2n) is 5.84. The normalized spacial score (nSPS) is 24.0. The third kappa shape index (κ3) is 3.16. The average molecular weight is 311 g/mol. The lowest BCUT2D eigenvalue weighted by molar-refractivity contribution is -0.00156. The number of piperidine rings is 1. The third-order valence-electron chi connectivity index (χ3n) is 4.54. The fraction of sp³-hybridized carbons (Fsp3) is 0.562. The Morgan fingerprint density at radius 1 is 1.43 bits per heavy atom. The zero-order valence-corrected chi connectivity index (χ0v) is 13.4. The van der Waals surface area contributed by atoms with E-state index in [-0.39, 0.29) is 24.4 Å². The number of hydrogen-bond acceptors (Lipinski definition) is 3. The lowest BCUT2D eigenvalue weighted by Crippen LogP contribution is -2.46. The predicted molar refractivity (Wildman–Crippen MR) is 86.4 cm³/mol. The van der Waals surface area contributed by atoms with E-state index in [9.17, 15) is 4.79 Å². The van der Waals surface area contributed by atoms with Gasteiger partial charge in [-0.2, -0.15) is 0 Å². The van der Waals surface area contributed by atoms with Crippen LogP contribution in [0.3, 0.4) is 0 Å². The number of methoxy groups -OCH3 is 1. The highest BCUT2D eigenvalue weighted by molar-refractivity contribution is 5.95. The Kier molecular flexibility index (Phi) is 5.12. The van der Waals surface area contributed by atoms with E-state index in [2.05, 4.69) is 12.2 Å². The van der Waals surface area contributed by atoms with Crippen LogP contribution in [-0.2, 0) is 11.2 Å². The molecule has 2 aliphatic heterocycles. The maximum atomic E-state index is 12.6. The Bertz CT molecular complexity index is 521. The van der Waals surface area contributed by atoms with E-state index >= 15 is 0 Å². The van der Waals surface area contributed by atoms with Gasteiger partial charge in [-0.1, -0.05) is 6.92 Å². The van der Waals surface area contributed by atoms with Crippen LogP contribution >= 0.6 is 12.4 Å². The number of carbonyl (C=O) groups excluding carboxylic acids is 1. The van der Waals surface area contributed by atoms with Crippen molar-refractivity contribution in [1.29, 1.82) is 0 Å². The van der Waals surface area contributed by atoms with E-state index in [0.29, 0.717) is 12.5 Å². The molecule has 2 heterocycles. The molecule has 2 atom stereocenters. The fourth-order valence-electron chi connectivity index (χ4n) is 3.15. The third-order valence-corrected chi connectivity index (χ3v) is 4.54. The summed E-state index contributed by atoms with van der Waals surface area (Å²) >= 11 is 0. The van der Waals surface area contributed by atoms with Crippen LogP contribution in [0.5, 0.6) is 0 Å². The molecule has 0 spiro atoms. The van der Waals surface area contributed by atoms with Gasteiger partial charge in [0.15, 0.2) is 0 Å². The second kappa shape index (κ2) is 6.67. The summed E-state index contributed by atoms with van der Waals surface area (Å²) in [6.07, 6.45) is 2.18. The molecule has 1 aromatic rings. The first-order valence-corrected chi connectivity index (χ1v) is 7.38. The number of hydrogen-bond donors (Lipinski definition) is 1. The van der Waals surface area contributed by atoms with Crippen molar-refractivity contribution in [2.24, 2.45) is 5.92 Å². The summed E-state index contributed by atoms with van der Waals surface area (Å²) in [6.45, 7) is 4.69. The van der Waals surface area contributed by atoms with Crippen LogP contribution in [0.2, 0.25) is 0 Å². The molecule has 2 unspecified atom stereocenters. The van der Waals surface area contributed by atoms with Crippen molar-refractivity contribution >= 4 is 24.0 Å². The van der Waals surface area contributed by atoms with Crippen molar-refractivity contribution in [2.45, 2.75) is 25.9 Å². The molecule has 5 heteroatoms. The van der Waals surface area contributed by atoms with E-state index in [1.54, 1.807) is 7.11 Å². The number of rotatable bonds is 2. The molecular formula is C16H23ClN2O2. The first kappa shape index (κ1) is 16.1. The highest BCUT2D eigenvalue weighted by atomic mass is 35.5. The summed E-state index contributed by atoms with van der Waals surface area (Å²) in [6, 6.07) is 5.99. The molecule has 0 saturated carbocycles. The van der Waals surface area contributed by atoms with Crippen molar-refractivity contribution < 1.29 is 9.53 Å². The topological polar surface area (TPSA) is 41.6 Å². The van der Waals surface area contributed by atoms with Crippen molar-refractivity contribution in [2.75, 3.05) is 32.1 Å². The van der Waals surface area contributed by atoms with Gasteiger partial charge in [-0.25, -0.2) is 0 Å². The monoisotopic (exact) mass is 310 g/mol. The molecule has 3 rings (SSSR count). The van der Waals surface area contributed by atoms with Crippen molar-refractivity contribution in [1.82, 2.24) is 4.90 Å². The quantitative estimate of drug-likeness (QED) is 0.913. The van der Waals surface area contributed by atoms with Crippen LogP contribution in [0.25, 0.3) is 0 Å². The van der Waals surface area contributed by atoms with Gasteiger partial charge in [0, 0.05) is 38.0 Å². The fourth-order valence-corrected chi connectivity index (χ4v) is 3.15. The molecule has 1 fully saturated rings. The second-order valence-corrected chi connectivity index (χ2v) is 5.84. The van der Waals surface area contributed by atoms with E-state index in [1.165, 1.54) is 11.3 Å². The number of fused-ring (bicyclic) bond motifs is 1. The summed E-state index contributed by atoms with van der Waals surface area (Å²) < 4.78 is 5.49. The van der Waals surface area contributed by atoms with Gasteiger partial charge < -0.3 is 15.0 Å². The van der Waals surface area contributed by atoms with Gasteiger partial charge in [0.05, 0.1) is 6.10 Å². The van der Waals surface area contributed by atoms with Crippen LogP contribution in [0, 0.1) is 5.92 Å². The molecule has 1 aromatic carbocycles. The van der Waals surface area contributed by atoms with E-state index in [1.807, 2.05) is 23.1 Å². The highest BCUT2D eigenvalue weighted by Crippen LogP contribution is 2.25. The number of amides is 1. The van der Waals surface area contributed by atoms with Crippen molar-refractivity contribution in [3.63, 3.8) is 0 Å². The molecule has 21 heavy (non-hydrogen) atoms. The minimum Gasteiger partial charge on any atom is -0.384 e. The van der Waals surface area contributed by atoms with Crippen LogP contribution < -0.4 is 5.32 Å². The molecule has 0 aromatic heterocycles. The van der Waals surface area contributed by atoms with Gasteiger partial charge in [-0.05, 0) is 42.5 Å². The highest BCUT2D eigenvalue weighted by Gasteiger charge is 2.29. The first-order valence-electron chi connectivity index (χ1n) is 7.38. The summed E-state index contributed by atoms with van der Waals surface area (Å²) in [7, 11) is 1.73. The SMILES string of the molecule is COC1CN(C(=O)c2ccc3c(c2)CCN3)CCC1C.Cl. The lowest BCUT2D eigenvalue weighted by atomic mass is 9.95. The number of likely N-dealkylation sites (tertiary alicyclic amines) is 1. The van der Waals surface area contributed by atoms with E-state index < -0.39 is 0 Å². The van der Waals surface area contributed by atoms with Crippen molar-refractivity contribution in [3.05, 3.63) is 29.3 Å². The van der Waals surface area contributed by atoms with Crippen LogP contribution in [-0.4, -0.2) is 43.7 Å². The molecule has 0 bridgehead atoms. The maximum Gasteiger partial charge on any atom is 0.253 e. The van der Waals surface area contributed by atoms with Gasteiger partial charge in [0.1, 0.15) is 0 Å². The minimum atomic E-state index is 0. The first-order chi connectivity index (χ1) is 9.69. The van der Waals surface area contributed by atoms with Gasteiger partial charge >= 0.3 is 0 Å². The molecule has 1 amide bonds. The zero-order chi connectivity index (χ0) is 14.1. The standard InChI is InChI=1S/C16H22N2O2.ClH/c1-11-6-8-18(10-15(11)20-2)16(19)13-3-4-14-12(9-13)5-7-17-14;/h3-4,9,11,15,17H,5-8,10H2,1-2H3;1H. The average Bonchev–Trinajstić information content (AvgIpc) is 2.94. The number of anilines is 1. The van der Waals surface area contributed by atoms with Crippen LogP contribution in [0.1, 0.15) is 29.3 Å². The molecule has 1 N–H and O–H groups in total. The number of ether oxygens (including phenoxy) is 1.